The van der Waals surface area contributed by atoms with Crippen molar-refractivity contribution in [2.75, 3.05) is 13.2 Å². The van der Waals surface area contributed by atoms with E-state index in [9.17, 15) is 14.4 Å². The molecule has 0 bridgehead atoms. The van der Waals surface area contributed by atoms with Crippen LogP contribution in [0, 0.1) is 0 Å². The summed E-state index contributed by atoms with van der Waals surface area (Å²) in [6, 6.07) is 11.9. The van der Waals surface area contributed by atoms with Crippen molar-refractivity contribution in [3.05, 3.63) is 52.8 Å². The molecular formula is C16H16N4O4. The molecule has 1 aliphatic heterocycles. The Labute approximate surface area is 137 Å². The molecule has 2 heterocycles. The number of rotatable bonds is 5. The molecule has 1 aliphatic rings. The van der Waals surface area contributed by atoms with E-state index in [1.807, 2.05) is 30.3 Å². The smallest absolute Gasteiger partial charge is 0.407 e. The molecular weight excluding hydrogens is 312 g/mol. The fourth-order valence-corrected chi connectivity index (χ4v) is 2.31. The Morgan fingerprint density at radius 2 is 2.04 bits per heavy atom. The van der Waals surface area contributed by atoms with Gasteiger partial charge in [0, 0.05) is 18.2 Å². The summed E-state index contributed by atoms with van der Waals surface area (Å²) in [4.78, 5) is 34.6. The number of hydrogen-bond acceptors (Lipinski definition) is 5. The van der Waals surface area contributed by atoms with Crippen molar-refractivity contribution in [1.29, 1.82) is 0 Å². The second-order valence-electron chi connectivity index (χ2n) is 5.23. The van der Waals surface area contributed by atoms with Gasteiger partial charge < -0.3 is 15.4 Å². The van der Waals surface area contributed by atoms with Crippen molar-refractivity contribution >= 4 is 12.0 Å². The first-order valence-corrected chi connectivity index (χ1v) is 7.48. The van der Waals surface area contributed by atoms with Crippen molar-refractivity contribution in [1.82, 2.24) is 20.4 Å². The van der Waals surface area contributed by atoms with Gasteiger partial charge in [-0.25, -0.2) is 9.48 Å². The van der Waals surface area contributed by atoms with E-state index in [1.54, 1.807) is 6.07 Å². The number of hydrogen-bond donors (Lipinski definition) is 2. The van der Waals surface area contributed by atoms with E-state index in [1.165, 1.54) is 10.7 Å². The second kappa shape index (κ2) is 6.95. The minimum Gasteiger partial charge on any atom is -0.447 e. The van der Waals surface area contributed by atoms with Crippen LogP contribution in [0.5, 0.6) is 0 Å². The molecule has 0 spiro atoms. The number of benzene rings is 1. The number of cyclic esters (lactones) is 1. The lowest BCUT2D eigenvalue weighted by Crippen LogP contribution is -2.44. The second-order valence-corrected chi connectivity index (χ2v) is 5.23. The van der Waals surface area contributed by atoms with Crippen LogP contribution in [-0.4, -0.2) is 41.0 Å². The Morgan fingerprint density at radius 1 is 1.25 bits per heavy atom. The molecule has 2 aromatic rings. The third-order valence-corrected chi connectivity index (χ3v) is 3.55. The van der Waals surface area contributed by atoms with Crippen LogP contribution >= 0.6 is 0 Å². The lowest BCUT2D eigenvalue weighted by Gasteiger charge is -2.10. The molecule has 8 nitrogen and oxygen atoms in total. The summed E-state index contributed by atoms with van der Waals surface area (Å²) in [6.45, 7) is 0.454. The summed E-state index contributed by atoms with van der Waals surface area (Å²) < 4.78 is 5.95. The Bertz CT molecular complexity index is 803. The van der Waals surface area contributed by atoms with Crippen LogP contribution in [0.3, 0.4) is 0 Å². The maximum atomic E-state index is 11.9. The summed E-state index contributed by atoms with van der Waals surface area (Å²) in [5, 5.41) is 9.34. The zero-order valence-corrected chi connectivity index (χ0v) is 12.8. The summed E-state index contributed by atoms with van der Waals surface area (Å²) >= 11 is 0. The van der Waals surface area contributed by atoms with Crippen LogP contribution in [0.4, 0.5) is 4.79 Å². The molecule has 0 aliphatic carbocycles. The molecule has 124 valence electrons. The van der Waals surface area contributed by atoms with Gasteiger partial charge in [-0.3, -0.25) is 9.59 Å². The van der Waals surface area contributed by atoms with Gasteiger partial charge in [0.1, 0.15) is 12.6 Å². The summed E-state index contributed by atoms with van der Waals surface area (Å²) in [5.41, 5.74) is 1.33. The lowest BCUT2D eigenvalue weighted by atomic mass is 10.1. The van der Waals surface area contributed by atoms with Gasteiger partial charge in [-0.1, -0.05) is 30.3 Å². The average molecular weight is 328 g/mol. The highest BCUT2D eigenvalue weighted by Gasteiger charge is 2.28. The Balaban J connectivity index is 1.62. The Kier molecular flexibility index (Phi) is 4.55. The summed E-state index contributed by atoms with van der Waals surface area (Å²) in [7, 11) is 0. The van der Waals surface area contributed by atoms with Gasteiger partial charge in [0.05, 0.1) is 12.2 Å². The molecule has 24 heavy (non-hydrogen) atoms. The van der Waals surface area contributed by atoms with Gasteiger partial charge in [-0.2, -0.15) is 5.10 Å². The molecule has 1 fully saturated rings. The highest BCUT2D eigenvalue weighted by molar-refractivity contribution is 5.87. The molecule has 2 amide bonds. The maximum absolute atomic E-state index is 11.9. The third-order valence-electron chi connectivity index (χ3n) is 3.55. The standard InChI is InChI=1S/C16H16N4O4/c21-14-7-6-12(11-4-2-1-3-5-11)19-20(14)9-8-17-15(22)13-10-24-16(23)18-13/h1-7,13H,8-10H2,(H,17,22)(H,18,23)/t13-/m0/s1. The van der Waals surface area contributed by atoms with E-state index >= 15 is 0 Å². The SMILES string of the molecule is O=C1N[C@H](C(=O)NCCn2nc(-c3ccccc3)ccc2=O)CO1. The van der Waals surface area contributed by atoms with E-state index < -0.39 is 12.1 Å². The fourth-order valence-electron chi connectivity index (χ4n) is 2.31. The molecule has 1 aromatic carbocycles. The van der Waals surface area contributed by atoms with E-state index in [-0.39, 0.29) is 31.2 Å². The number of carbonyl (C=O) groups excluding carboxylic acids is 2. The predicted molar refractivity (Wildman–Crippen MR) is 85.2 cm³/mol. The first-order valence-electron chi connectivity index (χ1n) is 7.48. The summed E-state index contributed by atoms with van der Waals surface area (Å²) in [5.74, 6) is -0.354. The predicted octanol–water partition coefficient (Wildman–Crippen LogP) is 0.135. The molecule has 1 atom stereocenters. The van der Waals surface area contributed by atoms with Gasteiger partial charge >= 0.3 is 6.09 Å². The van der Waals surface area contributed by atoms with Crippen LogP contribution in [0.1, 0.15) is 0 Å². The van der Waals surface area contributed by atoms with Crippen LogP contribution in [0.25, 0.3) is 11.3 Å². The van der Waals surface area contributed by atoms with Crippen molar-refractivity contribution in [3.8, 4) is 11.3 Å². The number of amides is 2. The van der Waals surface area contributed by atoms with Crippen molar-refractivity contribution in [3.63, 3.8) is 0 Å². The number of aromatic nitrogens is 2. The topological polar surface area (TPSA) is 102 Å². The number of alkyl carbamates (subject to hydrolysis) is 1. The van der Waals surface area contributed by atoms with Gasteiger partial charge in [-0.05, 0) is 6.07 Å². The minimum absolute atomic E-state index is 0.00631. The van der Waals surface area contributed by atoms with E-state index in [0.717, 1.165) is 5.56 Å². The van der Waals surface area contributed by atoms with Crippen LogP contribution < -0.4 is 16.2 Å². The number of nitrogens with zero attached hydrogens (tertiary/aromatic N) is 2. The lowest BCUT2D eigenvalue weighted by molar-refractivity contribution is -0.122. The van der Waals surface area contributed by atoms with Gasteiger partial charge in [0.15, 0.2) is 0 Å². The largest absolute Gasteiger partial charge is 0.447 e. The maximum Gasteiger partial charge on any atom is 0.407 e. The first kappa shape index (κ1) is 15.7. The number of nitrogens with one attached hydrogen (secondary N) is 2. The number of ether oxygens (including phenoxy) is 1. The van der Waals surface area contributed by atoms with Gasteiger partial charge in [0.25, 0.3) is 5.56 Å². The van der Waals surface area contributed by atoms with E-state index in [2.05, 4.69) is 20.5 Å². The minimum atomic E-state index is -0.696. The monoisotopic (exact) mass is 328 g/mol. The summed E-state index contributed by atoms with van der Waals surface area (Å²) in [6.07, 6.45) is -0.608. The van der Waals surface area contributed by atoms with E-state index in [0.29, 0.717) is 5.69 Å². The first-order chi connectivity index (χ1) is 11.6. The molecule has 0 saturated carbocycles. The zero-order valence-electron chi connectivity index (χ0n) is 12.8. The molecule has 1 aromatic heterocycles. The van der Waals surface area contributed by atoms with Gasteiger partial charge in [0.2, 0.25) is 5.91 Å². The van der Waals surface area contributed by atoms with Crippen LogP contribution in [-0.2, 0) is 16.1 Å². The fraction of sp³-hybridized carbons (Fsp3) is 0.250. The van der Waals surface area contributed by atoms with Crippen LogP contribution in [0.15, 0.2) is 47.3 Å². The highest BCUT2D eigenvalue weighted by atomic mass is 16.6. The van der Waals surface area contributed by atoms with Gasteiger partial charge in [-0.15, -0.1) is 0 Å². The molecule has 0 radical (unpaired) electrons. The van der Waals surface area contributed by atoms with Crippen molar-refractivity contribution in [2.45, 2.75) is 12.6 Å². The number of carbonyl (C=O) groups is 2. The van der Waals surface area contributed by atoms with Crippen molar-refractivity contribution in [2.24, 2.45) is 0 Å². The zero-order chi connectivity index (χ0) is 16.9. The molecule has 0 unspecified atom stereocenters. The average Bonchev–Trinajstić information content (AvgIpc) is 3.04. The highest BCUT2D eigenvalue weighted by Crippen LogP contribution is 2.13. The Morgan fingerprint density at radius 3 is 2.75 bits per heavy atom. The molecule has 8 heteroatoms. The van der Waals surface area contributed by atoms with E-state index in [4.69, 9.17) is 0 Å². The van der Waals surface area contributed by atoms with Crippen molar-refractivity contribution < 1.29 is 14.3 Å². The van der Waals surface area contributed by atoms with Crippen LogP contribution in [0.2, 0.25) is 0 Å². The molecule has 1 saturated heterocycles. The molecule has 3 rings (SSSR count). The molecule has 2 N–H and O–H groups in total. The quantitative estimate of drug-likeness (QED) is 0.812. The normalized spacial score (nSPS) is 16.3. The third kappa shape index (κ3) is 3.60. The Hall–Kier alpha value is -3.16.